The molecule has 4 rings (SSSR count). The molecule has 2 heterocycles. The minimum Gasteiger partial charge on any atom is -0.369 e. The van der Waals surface area contributed by atoms with Gasteiger partial charge >= 0.3 is 0 Å². The number of hydrogen-bond acceptors (Lipinski definition) is 5. The van der Waals surface area contributed by atoms with Gasteiger partial charge in [-0.3, -0.25) is 14.0 Å². The molecule has 0 aliphatic rings. The second-order valence-corrected chi connectivity index (χ2v) is 5.94. The number of imidazole rings is 1. The van der Waals surface area contributed by atoms with E-state index in [4.69, 9.17) is 4.74 Å². The molecule has 0 amide bonds. The third kappa shape index (κ3) is 3.12. The molecule has 0 radical (unpaired) electrons. The third-order valence-electron chi connectivity index (χ3n) is 4.20. The van der Waals surface area contributed by atoms with E-state index in [0.717, 1.165) is 34.4 Å². The minimum absolute atomic E-state index is 0.406. The van der Waals surface area contributed by atoms with E-state index in [2.05, 4.69) is 21.1 Å². The number of carbonyl (C=O) groups is 1. The van der Waals surface area contributed by atoms with Crippen LogP contribution in [0.25, 0.3) is 16.7 Å². The number of aldehydes is 1. The Kier molecular flexibility index (Phi) is 4.28. The number of aryl methyl sites for hydroxylation is 1. The molecular formula is C19H17N5O2. The van der Waals surface area contributed by atoms with E-state index >= 15 is 0 Å². The van der Waals surface area contributed by atoms with Crippen molar-refractivity contribution in [2.75, 3.05) is 0 Å². The molecule has 0 bridgehead atoms. The zero-order valence-electron chi connectivity index (χ0n) is 14.2. The van der Waals surface area contributed by atoms with Crippen molar-refractivity contribution in [1.29, 1.82) is 0 Å². The van der Waals surface area contributed by atoms with Crippen LogP contribution in [0.1, 0.15) is 21.7 Å². The molecule has 0 saturated heterocycles. The molecule has 4 aromatic rings. The van der Waals surface area contributed by atoms with Crippen molar-refractivity contribution in [3.63, 3.8) is 0 Å². The second kappa shape index (κ2) is 6.89. The lowest BCUT2D eigenvalue weighted by Crippen LogP contribution is -2.03. The second-order valence-electron chi connectivity index (χ2n) is 5.94. The van der Waals surface area contributed by atoms with Crippen LogP contribution in [0.3, 0.4) is 0 Å². The Morgan fingerprint density at radius 1 is 1.12 bits per heavy atom. The van der Waals surface area contributed by atoms with E-state index in [0.29, 0.717) is 18.8 Å². The summed E-state index contributed by atoms with van der Waals surface area (Å²) in [6.07, 6.45) is 4.10. The molecule has 0 fully saturated rings. The number of fused-ring (bicyclic) bond motifs is 1. The van der Waals surface area contributed by atoms with Gasteiger partial charge in [-0.05, 0) is 35.9 Å². The van der Waals surface area contributed by atoms with Crippen molar-refractivity contribution in [2.45, 2.75) is 13.2 Å². The minimum atomic E-state index is 0.406. The van der Waals surface area contributed by atoms with Crippen LogP contribution >= 0.6 is 0 Å². The zero-order valence-corrected chi connectivity index (χ0v) is 14.2. The molecular weight excluding hydrogens is 330 g/mol. The fourth-order valence-corrected chi connectivity index (χ4v) is 2.82. The van der Waals surface area contributed by atoms with Gasteiger partial charge in [0.05, 0.1) is 17.6 Å². The van der Waals surface area contributed by atoms with E-state index in [1.54, 1.807) is 23.1 Å². The molecule has 0 atom stereocenters. The summed E-state index contributed by atoms with van der Waals surface area (Å²) in [6.45, 7) is 0.881. The Hall–Kier alpha value is -3.32. The Labute approximate surface area is 149 Å². The molecule has 0 aliphatic carbocycles. The maximum atomic E-state index is 10.9. The van der Waals surface area contributed by atoms with Gasteiger partial charge in [-0.1, -0.05) is 12.1 Å². The van der Waals surface area contributed by atoms with E-state index in [1.165, 1.54) is 6.33 Å². The van der Waals surface area contributed by atoms with Gasteiger partial charge < -0.3 is 4.74 Å². The van der Waals surface area contributed by atoms with Gasteiger partial charge in [0.2, 0.25) is 0 Å². The highest BCUT2D eigenvalue weighted by molar-refractivity contribution is 5.85. The lowest BCUT2D eigenvalue weighted by molar-refractivity contribution is 0.0993. The van der Waals surface area contributed by atoms with Crippen molar-refractivity contribution in [3.8, 4) is 5.69 Å². The summed E-state index contributed by atoms with van der Waals surface area (Å²) < 4.78 is 9.44. The largest absolute Gasteiger partial charge is 0.369 e. The smallest absolute Gasteiger partial charge is 0.152 e. The van der Waals surface area contributed by atoms with Crippen molar-refractivity contribution < 1.29 is 9.53 Å². The number of carbonyl (C=O) groups excluding carboxylic acids is 1. The first-order chi connectivity index (χ1) is 12.7. The predicted octanol–water partition coefficient (Wildman–Crippen LogP) is 2.68. The predicted molar refractivity (Wildman–Crippen MR) is 96.0 cm³/mol. The number of nitrogens with zero attached hydrogens (tertiary/aromatic N) is 5. The Balaban J connectivity index is 1.54. The molecule has 130 valence electrons. The average Bonchev–Trinajstić information content (AvgIpc) is 3.27. The fraction of sp³-hybridized carbons (Fsp3) is 0.158. The molecule has 2 aromatic heterocycles. The summed E-state index contributed by atoms with van der Waals surface area (Å²) in [6, 6.07) is 13.6. The van der Waals surface area contributed by atoms with Crippen LogP contribution in [0.5, 0.6) is 0 Å². The number of aromatic nitrogens is 5. The first kappa shape index (κ1) is 16.2. The van der Waals surface area contributed by atoms with E-state index < -0.39 is 0 Å². The highest BCUT2D eigenvalue weighted by Gasteiger charge is 2.07. The lowest BCUT2D eigenvalue weighted by atomic mass is 10.2. The van der Waals surface area contributed by atoms with Gasteiger partial charge in [0, 0.05) is 18.3 Å². The normalized spacial score (nSPS) is 11.1. The molecule has 0 unspecified atom stereocenters. The summed E-state index contributed by atoms with van der Waals surface area (Å²) >= 11 is 0. The highest BCUT2D eigenvalue weighted by Crippen LogP contribution is 2.20. The van der Waals surface area contributed by atoms with E-state index in [-0.39, 0.29) is 0 Å². The Morgan fingerprint density at radius 3 is 2.85 bits per heavy atom. The molecule has 7 nitrogen and oxygen atoms in total. The Bertz CT molecular complexity index is 1070. The van der Waals surface area contributed by atoms with Crippen molar-refractivity contribution >= 4 is 17.3 Å². The van der Waals surface area contributed by atoms with Crippen LogP contribution in [0.4, 0.5) is 0 Å². The van der Waals surface area contributed by atoms with Crippen LogP contribution < -0.4 is 0 Å². The van der Waals surface area contributed by atoms with Crippen molar-refractivity contribution in [3.05, 3.63) is 72.1 Å². The Morgan fingerprint density at radius 2 is 2.04 bits per heavy atom. The van der Waals surface area contributed by atoms with Gasteiger partial charge in [0.25, 0.3) is 0 Å². The molecule has 0 spiro atoms. The zero-order chi connectivity index (χ0) is 17.9. The number of rotatable bonds is 6. The average molecular weight is 347 g/mol. The maximum Gasteiger partial charge on any atom is 0.152 e. The third-order valence-corrected chi connectivity index (χ3v) is 4.20. The summed E-state index contributed by atoms with van der Waals surface area (Å²) in [7, 11) is 1.84. The summed E-state index contributed by atoms with van der Waals surface area (Å²) in [5, 5.41) is 4.02. The first-order valence-electron chi connectivity index (χ1n) is 8.17. The molecule has 0 saturated carbocycles. The number of ether oxygens (including phenoxy) is 1. The van der Waals surface area contributed by atoms with Crippen molar-refractivity contribution in [1.82, 2.24) is 24.3 Å². The van der Waals surface area contributed by atoms with Gasteiger partial charge in [-0.2, -0.15) is 5.10 Å². The van der Waals surface area contributed by atoms with Crippen molar-refractivity contribution in [2.24, 2.45) is 7.05 Å². The first-order valence-corrected chi connectivity index (χ1v) is 8.17. The van der Waals surface area contributed by atoms with Crippen LogP contribution in [-0.2, 0) is 25.0 Å². The molecule has 0 N–H and O–H groups in total. The van der Waals surface area contributed by atoms with Gasteiger partial charge in [-0.25, -0.2) is 9.97 Å². The van der Waals surface area contributed by atoms with Crippen LogP contribution in [0, 0.1) is 0 Å². The maximum absolute atomic E-state index is 10.9. The topological polar surface area (TPSA) is 74.8 Å². The van der Waals surface area contributed by atoms with E-state index in [9.17, 15) is 4.79 Å². The monoisotopic (exact) mass is 347 g/mol. The van der Waals surface area contributed by atoms with E-state index in [1.807, 2.05) is 35.9 Å². The van der Waals surface area contributed by atoms with Crippen LogP contribution in [-0.4, -0.2) is 30.6 Å². The molecule has 26 heavy (non-hydrogen) atoms. The lowest BCUT2D eigenvalue weighted by Gasteiger charge is -2.08. The van der Waals surface area contributed by atoms with Crippen LogP contribution in [0.2, 0.25) is 0 Å². The quantitative estimate of drug-likeness (QED) is 0.501. The number of hydrogen-bond donors (Lipinski definition) is 0. The van der Waals surface area contributed by atoms with Gasteiger partial charge in [0.1, 0.15) is 25.5 Å². The standard InChI is InChI=1S/C19H17N5O2/c1-23-19(20-12-22-23)11-26-10-15-3-2-4-16(7-15)24-13-21-17-8-14(9-25)5-6-18(17)24/h2-9,12-13H,10-11H2,1H3. The summed E-state index contributed by atoms with van der Waals surface area (Å²) in [5.41, 5.74) is 4.40. The molecule has 7 heteroatoms. The summed E-state index contributed by atoms with van der Waals surface area (Å²) in [5.74, 6) is 0.785. The fourth-order valence-electron chi connectivity index (χ4n) is 2.82. The van der Waals surface area contributed by atoms with Gasteiger partial charge in [0.15, 0.2) is 5.82 Å². The highest BCUT2D eigenvalue weighted by atomic mass is 16.5. The number of benzene rings is 2. The molecule has 2 aromatic carbocycles. The van der Waals surface area contributed by atoms with Crippen LogP contribution in [0.15, 0.2) is 55.1 Å². The molecule has 0 aliphatic heterocycles. The van der Waals surface area contributed by atoms with Gasteiger partial charge in [-0.15, -0.1) is 0 Å². The SMILES string of the molecule is Cn1ncnc1COCc1cccc(-n2cnc3cc(C=O)ccc32)c1. The summed E-state index contributed by atoms with van der Waals surface area (Å²) in [4.78, 5) is 19.5.